The van der Waals surface area contributed by atoms with Crippen LogP contribution in [0.1, 0.15) is 31.4 Å². The Morgan fingerprint density at radius 3 is 2.80 bits per heavy atom. The number of hydrogen-bond acceptors (Lipinski definition) is 4. The summed E-state index contributed by atoms with van der Waals surface area (Å²) in [7, 11) is 2.05. The standard InChI is InChI=1S/C16H24N2O2/c1-12(18-7-6-14(11-18)17-2)13-4-5-15-16(10-13)20-9-3-8-19-15/h4-5,10,12,14,17H,3,6-9,11H2,1-2H3. The van der Waals surface area contributed by atoms with Crippen LogP contribution in [0, 0.1) is 0 Å². The van der Waals surface area contributed by atoms with Gasteiger partial charge in [0.2, 0.25) is 0 Å². The monoisotopic (exact) mass is 276 g/mol. The van der Waals surface area contributed by atoms with E-state index in [9.17, 15) is 0 Å². The Labute approximate surface area is 121 Å². The van der Waals surface area contributed by atoms with Gasteiger partial charge in [0, 0.05) is 31.6 Å². The molecule has 2 atom stereocenters. The average molecular weight is 276 g/mol. The van der Waals surface area contributed by atoms with Crippen LogP contribution in [-0.2, 0) is 0 Å². The third-order valence-corrected chi connectivity index (χ3v) is 4.43. The molecule has 1 aromatic carbocycles. The Bertz CT molecular complexity index is 464. The van der Waals surface area contributed by atoms with E-state index >= 15 is 0 Å². The van der Waals surface area contributed by atoms with Crippen LogP contribution in [0.2, 0.25) is 0 Å². The van der Waals surface area contributed by atoms with Crippen LogP contribution in [0.25, 0.3) is 0 Å². The number of hydrogen-bond donors (Lipinski definition) is 1. The number of nitrogens with one attached hydrogen (secondary N) is 1. The lowest BCUT2D eigenvalue weighted by Gasteiger charge is -2.25. The molecular formula is C16H24N2O2. The van der Waals surface area contributed by atoms with Crippen LogP contribution in [0.15, 0.2) is 18.2 Å². The van der Waals surface area contributed by atoms with Gasteiger partial charge in [-0.2, -0.15) is 0 Å². The lowest BCUT2D eigenvalue weighted by atomic mass is 10.1. The molecule has 1 saturated heterocycles. The number of fused-ring (bicyclic) bond motifs is 1. The molecule has 2 aliphatic heterocycles. The first-order valence-corrected chi connectivity index (χ1v) is 7.59. The number of rotatable bonds is 3. The molecule has 0 saturated carbocycles. The number of likely N-dealkylation sites (tertiary alicyclic amines) is 1. The molecule has 2 unspecified atom stereocenters. The second-order valence-electron chi connectivity index (χ2n) is 5.70. The lowest BCUT2D eigenvalue weighted by Crippen LogP contribution is -2.31. The molecule has 4 nitrogen and oxygen atoms in total. The molecule has 0 aromatic heterocycles. The van der Waals surface area contributed by atoms with Crippen LogP contribution in [-0.4, -0.2) is 44.3 Å². The maximum Gasteiger partial charge on any atom is 0.161 e. The summed E-state index contributed by atoms with van der Waals surface area (Å²) in [5.41, 5.74) is 1.31. The molecule has 0 aliphatic carbocycles. The second-order valence-corrected chi connectivity index (χ2v) is 5.70. The molecule has 20 heavy (non-hydrogen) atoms. The number of benzene rings is 1. The molecule has 4 heteroatoms. The zero-order chi connectivity index (χ0) is 13.9. The normalized spacial score (nSPS) is 24.4. The van der Waals surface area contributed by atoms with E-state index in [1.54, 1.807) is 0 Å². The van der Waals surface area contributed by atoms with Crippen LogP contribution < -0.4 is 14.8 Å². The molecule has 0 bridgehead atoms. The minimum atomic E-state index is 0.422. The zero-order valence-electron chi connectivity index (χ0n) is 12.4. The largest absolute Gasteiger partial charge is 0.490 e. The quantitative estimate of drug-likeness (QED) is 0.917. The van der Waals surface area contributed by atoms with Gasteiger partial charge in [0.1, 0.15) is 0 Å². The van der Waals surface area contributed by atoms with Gasteiger partial charge < -0.3 is 14.8 Å². The van der Waals surface area contributed by atoms with E-state index in [4.69, 9.17) is 9.47 Å². The van der Waals surface area contributed by atoms with Gasteiger partial charge in [-0.05, 0) is 38.1 Å². The van der Waals surface area contributed by atoms with E-state index in [1.807, 2.05) is 7.05 Å². The summed E-state index contributed by atoms with van der Waals surface area (Å²) in [5, 5.41) is 3.37. The van der Waals surface area contributed by atoms with Gasteiger partial charge in [-0.25, -0.2) is 0 Å². The first-order valence-electron chi connectivity index (χ1n) is 7.59. The van der Waals surface area contributed by atoms with E-state index in [-0.39, 0.29) is 0 Å². The predicted molar refractivity (Wildman–Crippen MR) is 79.5 cm³/mol. The third kappa shape index (κ3) is 2.76. The molecule has 0 spiro atoms. The van der Waals surface area contributed by atoms with Crippen molar-refractivity contribution < 1.29 is 9.47 Å². The zero-order valence-corrected chi connectivity index (χ0v) is 12.4. The summed E-state index contributed by atoms with van der Waals surface area (Å²) in [6.45, 7) is 6.04. The van der Waals surface area contributed by atoms with Gasteiger partial charge in [-0.15, -0.1) is 0 Å². The van der Waals surface area contributed by atoms with Crippen LogP contribution in [0.3, 0.4) is 0 Å². The number of likely N-dealkylation sites (N-methyl/N-ethyl adjacent to an activating group) is 1. The number of ether oxygens (including phenoxy) is 2. The Morgan fingerprint density at radius 1 is 1.25 bits per heavy atom. The Hall–Kier alpha value is -1.26. The van der Waals surface area contributed by atoms with Gasteiger partial charge in [0.25, 0.3) is 0 Å². The highest BCUT2D eigenvalue weighted by Crippen LogP contribution is 2.34. The van der Waals surface area contributed by atoms with Gasteiger partial charge in [-0.1, -0.05) is 6.07 Å². The fraction of sp³-hybridized carbons (Fsp3) is 0.625. The summed E-state index contributed by atoms with van der Waals surface area (Å²) < 4.78 is 11.5. The SMILES string of the molecule is CNC1CCN(C(C)c2ccc3c(c2)OCCCO3)C1. The molecule has 0 radical (unpaired) electrons. The van der Waals surface area contributed by atoms with Gasteiger partial charge in [0.05, 0.1) is 13.2 Å². The Balaban J connectivity index is 1.75. The molecule has 2 heterocycles. The minimum Gasteiger partial charge on any atom is -0.490 e. The summed E-state index contributed by atoms with van der Waals surface area (Å²) in [4.78, 5) is 2.53. The fourth-order valence-electron chi connectivity index (χ4n) is 3.03. The van der Waals surface area contributed by atoms with Crippen molar-refractivity contribution in [1.29, 1.82) is 0 Å². The molecule has 1 N–H and O–H groups in total. The molecule has 1 aromatic rings. The maximum atomic E-state index is 5.79. The predicted octanol–water partition coefficient (Wildman–Crippen LogP) is 2.20. The van der Waals surface area contributed by atoms with Gasteiger partial charge >= 0.3 is 0 Å². The third-order valence-electron chi connectivity index (χ3n) is 4.43. The Kier molecular flexibility index (Phi) is 4.13. The van der Waals surface area contributed by atoms with Crippen molar-refractivity contribution in [2.45, 2.75) is 31.8 Å². The topological polar surface area (TPSA) is 33.7 Å². The van der Waals surface area contributed by atoms with Crippen molar-refractivity contribution >= 4 is 0 Å². The van der Waals surface area contributed by atoms with E-state index in [2.05, 4.69) is 35.3 Å². The molecular weight excluding hydrogens is 252 g/mol. The first-order chi connectivity index (χ1) is 9.78. The molecule has 3 rings (SSSR count). The van der Waals surface area contributed by atoms with E-state index in [0.29, 0.717) is 12.1 Å². The lowest BCUT2D eigenvalue weighted by molar-refractivity contribution is 0.255. The highest BCUT2D eigenvalue weighted by atomic mass is 16.5. The maximum absolute atomic E-state index is 5.79. The number of nitrogens with zero attached hydrogens (tertiary/aromatic N) is 1. The van der Waals surface area contributed by atoms with Crippen molar-refractivity contribution in [3.05, 3.63) is 23.8 Å². The highest BCUT2D eigenvalue weighted by molar-refractivity contribution is 5.44. The van der Waals surface area contributed by atoms with Crippen LogP contribution >= 0.6 is 0 Å². The van der Waals surface area contributed by atoms with E-state index in [1.165, 1.54) is 12.0 Å². The summed E-state index contributed by atoms with van der Waals surface area (Å²) >= 11 is 0. The second kappa shape index (κ2) is 6.02. The molecule has 110 valence electrons. The smallest absolute Gasteiger partial charge is 0.161 e. The van der Waals surface area contributed by atoms with Crippen molar-refractivity contribution in [2.24, 2.45) is 0 Å². The van der Waals surface area contributed by atoms with E-state index < -0.39 is 0 Å². The van der Waals surface area contributed by atoms with Crippen LogP contribution in [0.4, 0.5) is 0 Å². The fourth-order valence-corrected chi connectivity index (χ4v) is 3.03. The van der Waals surface area contributed by atoms with Crippen LogP contribution in [0.5, 0.6) is 11.5 Å². The molecule has 1 fully saturated rings. The highest BCUT2D eigenvalue weighted by Gasteiger charge is 2.26. The van der Waals surface area contributed by atoms with Gasteiger partial charge in [0.15, 0.2) is 11.5 Å². The molecule has 2 aliphatic rings. The van der Waals surface area contributed by atoms with Crippen molar-refractivity contribution in [2.75, 3.05) is 33.4 Å². The van der Waals surface area contributed by atoms with Crippen molar-refractivity contribution in [3.8, 4) is 11.5 Å². The van der Waals surface area contributed by atoms with Crippen molar-refractivity contribution in [3.63, 3.8) is 0 Å². The summed E-state index contributed by atoms with van der Waals surface area (Å²) in [6, 6.07) is 7.42. The Morgan fingerprint density at radius 2 is 2.05 bits per heavy atom. The average Bonchev–Trinajstić information content (AvgIpc) is 2.84. The minimum absolute atomic E-state index is 0.422. The summed E-state index contributed by atoms with van der Waals surface area (Å²) in [5.74, 6) is 1.78. The molecule has 0 amide bonds. The van der Waals surface area contributed by atoms with E-state index in [0.717, 1.165) is 44.2 Å². The summed E-state index contributed by atoms with van der Waals surface area (Å²) in [6.07, 6.45) is 2.18. The van der Waals surface area contributed by atoms with Gasteiger partial charge in [-0.3, -0.25) is 4.90 Å². The first kappa shape index (κ1) is 13.7. The van der Waals surface area contributed by atoms with Crippen molar-refractivity contribution in [1.82, 2.24) is 10.2 Å².